The number of para-hydroxylation sites is 2. The Balaban J connectivity index is 1.65. The van der Waals surface area contributed by atoms with Gasteiger partial charge in [0, 0.05) is 6.42 Å². The zero-order valence-electron chi connectivity index (χ0n) is 13.4. The van der Waals surface area contributed by atoms with Gasteiger partial charge in [0.1, 0.15) is 5.82 Å². The number of fused-ring (bicyclic) bond motifs is 1. The maximum Gasteiger partial charge on any atom is 0.440 e. The van der Waals surface area contributed by atoms with Crippen molar-refractivity contribution < 1.29 is 14.7 Å². The third-order valence-electron chi connectivity index (χ3n) is 3.75. The van der Waals surface area contributed by atoms with E-state index in [0.29, 0.717) is 12.2 Å². The van der Waals surface area contributed by atoms with Crippen LogP contribution in [0.2, 0.25) is 0 Å². The number of benzene rings is 2. The van der Waals surface area contributed by atoms with E-state index in [1.165, 1.54) is 5.56 Å². The lowest BCUT2D eigenvalue weighted by Crippen LogP contribution is -2.34. The first-order chi connectivity index (χ1) is 11.7. The molecule has 0 unspecified atom stereocenters. The number of carbonyl (C=O) groups is 1. The molecule has 0 aliphatic carbocycles. The Morgan fingerprint density at radius 1 is 1.21 bits per heavy atom. The molecule has 0 spiro atoms. The summed E-state index contributed by atoms with van der Waals surface area (Å²) < 4.78 is 0. The molecule has 24 heavy (non-hydrogen) atoms. The molecule has 1 heterocycles. The maximum atomic E-state index is 11.4. The van der Waals surface area contributed by atoms with E-state index in [0.717, 1.165) is 28.3 Å². The quantitative estimate of drug-likeness (QED) is 0.678. The molecule has 0 bridgehead atoms. The van der Waals surface area contributed by atoms with Crippen LogP contribution in [0.15, 0.2) is 48.5 Å². The summed E-state index contributed by atoms with van der Waals surface area (Å²) in [5.74, 6) is 1.23. The monoisotopic (exact) mass is 325 g/mol. The van der Waals surface area contributed by atoms with Crippen LogP contribution in [0.3, 0.4) is 0 Å². The molecule has 0 aliphatic rings. The number of aryl methyl sites for hydroxylation is 1. The van der Waals surface area contributed by atoms with Crippen molar-refractivity contribution in [3.63, 3.8) is 0 Å². The number of aromatic nitrogens is 2. The van der Waals surface area contributed by atoms with E-state index in [9.17, 15) is 9.90 Å². The number of aromatic amines is 1. The molecule has 6 heteroatoms. The van der Waals surface area contributed by atoms with Crippen LogP contribution >= 0.6 is 0 Å². The first kappa shape index (κ1) is 15.9. The number of carboxylic acid groups (broad SMARTS) is 1. The molecule has 2 aromatic carbocycles. The van der Waals surface area contributed by atoms with E-state index in [-0.39, 0.29) is 6.54 Å². The lowest BCUT2D eigenvalue weighted by molar-refractivity contribution is -0.0351. The van der Waals surface area contributed by atoms with Crippen LogP contribution in [-0.2, 0) is 12.8 Å². The summed E-state index contributed by atoms with van der Waals surface area (Å²) in [5.41, 5.74) is 2.97. The average molecular weight is 325 g/mol. The van der Waals surface area contributed by atoms with Gasteiger partial charge in [-0.2, -0.15) is 0 Å². The van der Waals surface area contributed by atoms with Crippen molar-refractivity contribution >= 4 is 17.1 Å². The van der Waals surface area contributed by atoms with Crippen LogP contribution in [0, 0.1) is 0 Å². The maximum absolute atomic E-state index is 11.4. The lowest BCUT2D eigenvalue weighted by atomic mass is 10.2. The van der Waals surface area contributed by atoms with Crippen molar-refractivity contribution in [2.75, 3.05) is 6.54 Å². The van der Waals surface area contributed by atoms with Gasteiger partial charge in [-0.1, -0.05) is 31.2 Å². The standard InChI is InChI=1S/C18H19N3O3/c1-2-13-7-9-14(10-8-13)24-21(18(22)23)12-11-17-19-15-5-3-4-6-16(15)20-17/h3-10H,2,11-12H2,1H3,(H,19,20)(H,22,23). The number of hydroxylamine groups is 2. The minimum atomic E-state index is -1.13. The first-order valence-electron chi connectivity index (χ1n) is 7.86. The van der Waals surface area contributed by atoms with Crippen molar-refractivity contribution in [2.45, 2.75) is 19.8 Å². The summed E-state index contributed by atoms with van der Waals surface area (Å²) >= 11 is 0. The van der Waals surface area contributed by atoms with Crippen LogP contribution in [0.5, 0.6) is 5.75 Å². The summed E-state index contributed by atoms with van der Waals surface area (Å²) in [6.45, 7) is 2.25. The van der Waals surface area contributed by atoms with Gasteiger partial charge in [-0.05, 0) is 36.2 Å². The Morgan fingerprint density at radius 2 is 1.96 bits per heavy atom. The summed E-state index contributed by atoms with van der Waals surface area (Å²) in [6.07, 6.45) is 0.230. The number of imidazole rings is 1. The van der Waals surface area contributed by atoms with Gasteiger partial charge in [-0.15, -0.1) is 5.06 Å². The number of nitrogens with zero attached hydrogens (tertiary/aromatic N) is 2. The zero-order chi connectivity index (χ0) is 16.9. The Bertz CT molecular complexity index is 794. The van der Waals surface area contributed by atoms with E-state index in [2.05, 4.69) is 16.9 Å². The first-order valence-corrected chi connectivity index (χ1v) is 7.86. The Labute approximate surface area is 139 Å². The zero-order valence-corrected chi connectivity index (χ0v) is 13.4. The topological polar surface area (TPSA) is 78.5 Å². The summed E-state index contributed by atoms with van der Waals surface area (Å²) in [7, 11) is 0. The van der Waals surface area contributed by atoms with E-state index in [1.807, 2.05) is 36.4 Å². The second-order valence-electron chi connectivity index (χ2n) is 5.42. The van der Waals surface area contributed by atoms with Crippen LogP contribution in [0.4, 0.5) is 4.79 Å². The molecule has 2 N–H and O–H groups in total. The van der Waals surface area contributed by atoms with Gasteiger partial charge < -0.3 is 14.9 Å². The molecule has 3 aromatic rings. The third kappa shape index (κ3) is 3.65. The number of H-pyrrole nitrogens is 1. The van der Waals surface area contributed by atoms with Crippen molar-refractivity contribution in [1.29, 1.82) is 0 Å². The smallest absolute Gasteiger partial charge is 0.440 e. The highest BCUT2D eigenvalue weighted by atomic mass is 16.7. The number of rotatable bonds is 6. The molecule has 0 saturated heterocycles. The highest BCUT2D eigenvalue weighted by molar-refractivity contribution is 5.74. The predicted octanol–water partition coefficient (Wildman–Crippen LogP) is 3.64. The van der Waals surface area contributed by atoms with Crippen LogP contribution < -0.4 is 4.84 Å². The summed E-state index contributed by atoms with van der Waals surface area (Å²) in [6, 6.07) is 15.1. The van der Waals surface area contributed by atoms with Crippen LogP contribution in [-0.4, -0.2) is 32.8 Å². The number of hydrogen-bond donors (Lipinski definition) is 2. The van der Waals surface area contributed by atoms with E-state index in [4.69, 9.17) is 4.84 Å². The van der Waals surface area contributed by atoms with Crippen LogP contribution in [0.25, 0.3) is 11.0 Å². The molecule has 0 fully saturated rings. The van der Waals surface area contributed by atoms with Gasteiger partial charge in [-0.25, -0.2) is 9.78 Å². The highest BCUT2D eigenvalue weighted by Gasteiger charge is 2.15. The van der Waals surface area contributed by atoms with E-state index < -0.39 is 6.09 Å². The molecule has 3 rings (SSSR count). The summed E-state index contributed by atoms with van der Waals surface area (Å²) in [4.78, 5) is 24.5. The molecule has 0 atom stereocenters. The van der Waals surface area contributed by atoms with Crippen molar-refractivity contribution in [3.8, 4) is 5.75 Å². The van der Waals surface area contributed by atoms with E-state index in [1.54, 1.807) is 12.1 Å². The largest absolute Gasteiger partial charge is 0.463 e. The van der Waals surface area contributed by atoms with Crippen molar-refractivity contribution in [3.05, 3.63) is 59.9 Å². The van der Waals surface area contributed by atoms with Gasteiger partial charge in [0.25, 0.3) is 0 Å². The number of hydrogen-bond acceptors (Lipinski definition) is 3. The Morgan fingerprint density at radius 3 is 2.62 bits per heavy atom. The van der Waals surface area contributed by atoms with E-state index >= 15 is 0 Å². The van der Waals surface area contributed by atoms with Gasteiger partial charge >= 0.3 is 6.09 Å². The molecule has 0 saturated carbocycles. The SMILES string of the molecule is CCc1ccc(ON(CCc2nc3ccccc3[nH]2)C(=O)O)cc1. The fourth-order valence-electron chi connectivity index (χ4n) is 2.43. The Hall–Kier alpha value is -3.02. The second-order valence-corrected chi connectivity index (χ2v) is 5.42. The lowest BCUT2D eigenvalue weighted by Gasteiger charge is -2.18. The normalized spacial score (nSPS) is 10.7. The molecular weight excluding hydrogens is 306 g/mol. The predicted molar refractivity (Wildman–Crippen MR) is 91.0 cm³/mol. The van der Waals surface area contributed by atoms with Gasteiger partial charge in [0.15, 0.2) is 5.75 Å². The van der Waals surface area contributed by atoms with Gasteiger partial charge in [-0.3, -0.25) is 0 Å². The molecule has 0 radical (unpaired) electrons. The number of nitrogens with one attached hydrogen (secondary N) is 1. The molecule has 1 amide bonds. The summed E-state index contributed by atoms with van der Waals surface area (Å²) in [5, 5.41) is 10.2. The molecule has 6 nitrogen and oxygen atoms in total. The minimum Gasteiger partial charge on any atom is -0.463 e. The minimum absolute atomic E-state index is 0.185. The molecule has 0 aliphatic heterocycles. The molecule has 124 valence electrons. The molecular formula is C18H19N3O3. The average Bonchev–Trinajstić information content (AvgIpc) is 3.01. The second kappa shape index (κ2) is 7.04. The third-order valence-corrected chi connectivity index (χ3v) is 3.75. The van der Waals surface area contributed by atoms with Crippen molar-refractivity contribution in [1.82, 2.24) is 15.0 Å². The highest BCUT2D eigenvalue weighted by Crippen LogP contribution is 2.15. The van der Waals surface area contributed by atoms with Gasteiger partial charge in [0.2, 0.25) is 0 Å². The number of amides is 1. The van der Waals surface area contributed by atoms with Crippen molar-refractivity contribution in [2.24, 2.45) is 0 Å². The fourth-order valence-corrected chi connectivity index (χ4v) is 2.43. The molecule has 1 aromatic heterocycles. The van der Waals surface area contributed by atoms with Crippen LogP contribution in [0.1, 0.15) is 18.3 Å². The fraction of sp³-hybridized carbons (Fsp3) is 0.222. The Kier molecular flexibility index (Phi) is 4.65. The van der Waals surface area contributed by atoms with Gasteiger partial charge in [0.05, 0.1) is 17.6 Å².